The molecule has 2 saturated heterocycles. The largest absolute Gasteiger partial charge is 0.380 e. The fraction of sp³-hybridized carbons (Fsp3) is 0.522. The molecule has 33 heavy (non-hydrogen) atoms. The van der Waals surface area contributed by atoms with E-state index >= 15 is 0 Å². The summed E-state index contributed by atoms with van der Waals surface area (Å²) in [5, 5.41) is 5.32. The van der Waals surface area contributed by atoms with E-state index in [-0.39, 0.29) is 23.1 Å². The van der Waals surface area contributed by atoms with Gasteiger partial charge in [-0.2, -0.15) is 0 Å². The van der Waals surface area contributed by atoms with E-state index in [9.17, 15) is 9.59 Å². The number of carbonyl (C=O) groups is 2. The molecule has 9 nitrogen and oxygen atoms in total. The van der Waals surface area contributed by atoms with Crippen LogP contribution in [-0.4, -0.2) is 73.3 Å². The normalized spacial score (nSPS) is 20.7. The summed E-state index contributed by atoms with van der Waals surface area (Å²) in [5.74, 6) is -0.959. The highest BCUT2D eigenvalue weighted by molar-refractivity contribution is 7.14. The van der Waals surface area contributed by atoms with Crippen LogP contribution < -0.4 is 16.0 Å². The zero-order chi connectivity index (χ0) is 23.6. The fourth-order valence-corrected chi connectivity index (χ4v) is 5.04. The second kappa shape index (κ2) is 9.76. The second-order valence-corrected chi connectivity index (χ2v) is 9.93. The van der Waals surface area contributed by atoms with Crippen molar-refractivity contribution in [2.45, 2.75) is 38.5 Å². The van der Waals surface area contributed by atoms with Crippen molar-refractivity contribution in [3.05, 3.63) is 40.4 Å². The molecular weight excluding hydrogens is 442 g/mol. The third-order valence-electron chi connectivity index (χ3n) is 6.26. The summed E-state index contributed by atoms with van der Waals surface area (Å²) in [6, 6.07) is 5.40. The van der Waals surface area contributed by atoms with Gasteiger partial charge in [0.05, 0.1) is 30.6 Å². The molecule has 0 bridgehead atoms. The summed E-state index contributed by atoms with van der Waals surface area (Å²) in [6.45, 7) is 8.69. The number of nitrogens with two attached hydrogens (primary N) is 1. The van der Waals surface area contributed by atoms with Gasteiger partial charge in [-0.15, -0.1) is 11.3 Å². The third-order valence-corrected chi connectivity index (χ3v) is 7.16. The van der Waals surface area contributed by atoms with E-state index in [2.05, 4.69) is 33.9 Å². The van der Waals surface area contributed by atoms with Crippen LogP contribution in [0, 0.1) is 0 Å². The van der Waals surface area contributed by atoms with Gasteiger partial charge < -0.3 is 25.4 Å². The number of hydrogen-bond acceptors (Lipinski definition) is 8. The standard InChI is InChI=1S/C23H31N5O4S/c1-23(2)14-32-9-8-28(23)11-15-4-5-18(17(10-15)20(24)29)25-21(30)19-13-33-22(26-19)27-7-6-16(12-27)31-3/h4-5,10,13,16H,6-9,11-12,14H2,1-3H3,(H2,24,29)(H,25,30)/t16-/m0/s1. The Morgan fingerprint density at radius 3 is 2.88 bits per heavy atom. The molecule has 1 aromatic carbocycles. The van der Waals surface area contributed by atoms with Gasteiger partial charge >= 0.3 is 0 Å². The molecule has 0 aliphatic carbocycles. The summed E-state index contributed by atoms with van der Waals surface area (Å²) >= 11 is 1.42. The minimum Gasteiger partial charge on any atom is -0.380 e. The van der Waals surface area contributed by atoms with Crippen LogP contribution in [0.1, 0.15) is 46.7 Å². The maximum absolute atomic E-state index is 12.8. The van der Waals surface area contributed by atoms with Gasteiger partial charge in [0.15, 0.2) is 5.13 Å². The van der Waals surface area contributed by atoms with Crippen LogP contribution in [0.5, 0.6) is 0 Å². The number of aromatic nitrogens is 1. The molecular formula is C23H31N5O4S. The van der Waals surface area contributed by atoms with Crippen molar-refractivity contribution in [3.8, 4) is 0 Å². The maximum atomic E-state index is 12.8. The summed E-state index contributed by atoms with van der Waals surface area (Å²) in [6.07, 6.45) is 1.12. The summed E-state index contributed by atoms with van der Waals surface area (Å²) in [5.41, 5.74) is 7.47. The molecule has 2 aliphatic heterocycles. The predicted octanol–water partition coefficient (Wildman–Crippen LogP) is 2.33. The molecule has 2 amide bonds. The number of amides is 2. The SMILES string of the molecule is CO[C@H]1CCN(c2nc(C(=O)Nc3ccc(CN4CCOCC4(C)C)cc3C(N)=O)cs2)C1. The summed E-state index contributed by atoms with van der Waals surface area (Å²) < 4.78 is 11.0. The molecule has 0 spiro atoms. The van der Waals surface area contributed by atoms with Crippen LogP contribution >= 0.6 is 11.3 Å². The zero-order valence-corrected chi connectivity index (χ0v) is 20.1. The van der Waals surface area contributed by atoms with Crippen molar-refractivity contribution in [3.63, 3.8) is 0 Å². The Kier molecular flexibility index (Phi) is 6.99. The van der Waals surface area contributed by atoms with Crippen molar-refractivity contribution >= 4 is 34.0 Å². The Morgan fingerprint density at radius 1 is 1.36 bits per heavy atom. The van der Waals surface area contributed by atoms with E-state index in [0.29, 0.717) is 31.1 Å². The van der Waals surface area contributed by atoms with Crippen molar-refractivity contribution in [2.75, 3.05) is 50.2 Å². The first-order valence-corrected chi connectivity index (χ1v) is 11.9. The smallest absolute Gasteiger partial charge is 0.275 e. The van der Waals surface area contributed by atoms with E-state index in [4.69, 9.17) is 15.2 Å². The van der Waals surface area contributed by atoms with Crippen LogP contribution in [0.15, 0.2) is 23.6 Å². The number of carbonyl (C=O) groups excluding carboxylic acids is 2. The van der Waals surface area contributed by atoms with E-state index in [0.717, 1.165) is 36.8 Å². The number of morpholine rings is 1. The van der Waals surface area contributed by atoms with Crippen molar-refractivity contribution < 1.29 is 19.1 Å². The topological polar surface area (TPSA) is 110 Å². The number of nitrogens with one attached hydrogen (secondary N) is 1. The summed E-state index contributed by atoms with van der Waals surface area (Å²) in [7, 11) is 1.71. The van der Waals surface area contributed by atoms with E-state index < -0.39 is 5.91 Å². The van der Waals surface area contributed by atoms with Crippen molar-refractivity contribution in [1.82, 2.24) is 9.88 Å². The first kappa shape index (κ1) is 23.6. The number of nitrogens with zero attached hydrogens (tertiary/aromatic N) is 3. The Balaban J connectivity index is 1.46. The molecule has 4 rings (SSSR count). The molecule has 2 aliphatic rings. The van der Waals surface area contributed by atoms with Crippen LogP contribution in [-0.2, 0) is 16.0 Å². The monoisotopic (exact) mass is 473 g/mol. The number of primary amides is 1. The Hall–Kier alpha value is -2.53. The highest BCUT2D eigenvalue weighted by Gasteiger charge is 2.30. The second-order valence-electron chi connectivity index (χ2n) is 9.09. The Labute approximate surface area is 197 Å². The molecule has 178 valence electrons. The van der Waals surface area contributed by atoms with Crippen molar-refractivity contribution in [1.29, 1.82) is 0 Å². The van der Waals surface area contributed by atoms with Crippen molar-refractivity contribution in [2.24, 2.45) is 5.73 Å². The predicted molar refractivity (Wildman–Crippen MR) is 128 cm³/mol. The molecule has 3 heterocycles. The number of ether oxygens (including phenoxy) is 2. The first-order chi connectivity index (χ1) is 15.8. The minimum absolute atomic E-state index is 0.0983. The lowest BCUT2D eigenvalue weighted by molar-refractivity contribution is -0.0552. The average Bonchev–Trinajstić information content (AvgIpc) is 3.45. The number of benzene rings is 1. The van der Waals surface area contributed by atoms with Gasteiger partial charge in [-0.05, 0) is 38.0 Å². The lowest BCUT2D eigenvalue weighted by atomic mass is 10.0. The van der Waals surface area contributed by atoms with Gasteiger partial charge in [0, 0.05) is 44.2 Å². The highest BCUT2D eigenvalue weighted by atomic mass is 32.1. The molecule has 10 heteroatoms. The number of rotatable bonds is 7. The number of methoxy groups -OCH3 is 1. The molecule has 1 atom stereocenters. The first-order valence-electron chi connectivity index (χ1n) is 11.1. The van der Waals surface area contributed by atoms with Gasteiger partial charge in [-0.3, -0.25) is 14.5 Å². The molecule has 1 aromatic heterocycles. The number of thiazole rings is 1. The lowest BCUT2D eigenvalue weighted by Crippen LogP contribution is -2.52. The fourth-order valence-electron chi connectivity index (χ4n) is 4.20. The highest BCUT2D eigenvalue weighted by Crippen LogP contribution is 2.27. The third kappa shape index (κ3) is 5.35. The van der Waals surface area contributed by atoms with Gasteiger partial charge in [0.1, 0.15) is 5.69 Å². The molecule has 0 saturated carbocycles. The van der Waals surface area contributed by atoms with Gasteiger partial charge in [0.25, 0.3) is 11.8 Å². The van der Waals surface area contributed by atoms with Gasteiger partial charge in [-0.25, -0.2) is 4.98 Å². The van der Waals surface area contributed by atoms with Crippen LogP contribution in [0.4, 0.5) is 10.8 Å². The van der Waals surface area contributed by atoms with E-state index in [1.807, 2.05) is 6.07 Å². The van der Waals surface area contributed by atoms with Crippen LogP contribution in [0.3, 0.4) is 0 Å². The maximum Gasteiger partial charge on any atom is 0.275 e. The Bertz CT molecular complexity index is 1020. The molecule has 0 radical (unpaired) electrons. The lowest BCUT2D eigenvalue weighted by Gasteiger charge is -2.42. The van der Waals surface area contributed by atoms with Gasteiger partial charge in [-0.1, -0.05) is 6.07 Å². The Morgan fingerprint density at radius 2 is 2.18 bits per heavy atom. The minimum atomic E-state index is -0.588. The molecule has 2 fully saturated rings. The number of hydrogen-bond donors (Lipinski definition) is 2. The van der Waals surface area contributed by atoms with E-state index in [1.165, 1.54) is 11.3 Å². The van der Waals surface area contributed by atoms with E-state index in [1.54, 1.807) is 24.6 Å². The number of anilines is 2. The quantitative estimate of drug-likeness (QED) is 0.635. The summed E-state index contributed by atoms with van der Waals surface area (Å²) in [4.78, 5) is 33.9. The average molecular weight is 474 g/mol. The van der Waals surface area contributed by atoms with Crippen LogP contribution in [0.25, 0.3) is 0 Å². The molecule has 0 unspecified atom stereocenters. The zero-order valence-electron chi connectivity index (χ0n) is 19.3. The van der Waals surface area contributed by atoms with Crippen LogP contribution in [0.2, 0.25) is 0 Å². The molecule has 2 aromatic rings. The van der Waals surface area contributed by atoms with Gasteiger partial charge in [0.2, 0.25) is 0 Å². The molecule has 3 N–H and O–H groups in total.